The molecule has 0 radical (unpaired) electrons. The van der Waals surface area contributed by atoms with Crippen LogP contribution in [0.3, 0.4) is 0 Å². The zero-order chi connectivity index (χ0) is 32.9. The Labute approximate surface area is 255 Å². The first-order valence-corrected chi connectivity index (χ1v) is 14.8. The third-order valence-electron chi connectivity index (χ3n) is 6.53. The highest BCUT2D eigenvalue weighted by atomic mass is 16.6. The molecular weight excluding hydrogens is 554 g/mol. The summed E-state index contributed by atoms with van der Waals surface area (Å²) in [6.07, 6.45) is -2.18. The van der Waals surface area contributed by atoms with Gasteiger partial charge in [-0.3, -0.25) is 19.2 Å². The number of ether oxygens (including phenoxy) is 1. The minimum atomic E-state index is -1.32. The normalized spacial score (nSPS) is 15.0. The van der Waals surface area contributed by atoms with Crippen molar-refractivity contribution < 1.29 is 33.8 Å². The molecule has 1 aromatic rings. The van der Waals surface area contributed by atoms with Crippen molar-refractivity contribution in [3.63, 3.8) is 0 Å². The summed E-state index contributed by atoms with van der Waals surface area (Å²) in [6, 6.07) is 6.52. The lowest BCUT2D eigenvalue weighted by atomic mass is 9.91. The van der Waals surface area contributed by atoms with Gasteiger partial charge in [-0.05, 0) is 51.0 Å². The summed E-state index contributed by atoms with van der Waals surface area (Å²) < 4.78 is 5.19. The second-order valence-electron chi connectivity index (χ2n) is 12.8. The van der Waals surface area contributed by atoms with E-state index in [1.807, 2.05) is 58.0 Å². The third kappa shape index (κ3) is 14.9. The van der Waals surface area contributed by atoms with E-state index in [1.165, 1.54) is 0 Å². The SMILES string of the molecule is CC(C)C[C@H](NC(=O)[C@H](CC(N)=O)NC(=O)OC(C)(C)C)C(O)CC(C)C(=O)NC(C(=O)NCc1ccccc1)C(C)C. The summed E-state index contributed by atoms with van der Waals surface area (Å²) in [7, 11) is 0. The van der Waals surface area contributed by atoms with Gasteiger partial charge in [0.1, 0.15) is 17.7 Å². The van der Waals surface area contributed by atoms with E-state index in [0.29, 0.717) is 13.0 Å². The predicted molar refractivity (Wildman–Crippen MR) is 163 cm³/mol. The summed E-state index contributed by atoms with van der Waals surface area (Å²) >= 11 is 0. The van der Waals surface area contributed by atoms with Gasteiger partial charge in [0.05, 0.1) is 18.6 Å². The Morgan fingerprint density at radius 1 is 0.860 bits per heavy atom. The molecule has 0 saturated heterocycles. The van der Waals surface area contributed by atoms with Crippen LogP contribution in [0.25, 0.3) is 0 Å². The fourth-order valence-electron chi connectivity index (χ4n) is 4.32. The van der Waals surface area contributed by atoms with Gasteiger partial charge >= 0.3 is 6.09 Å². The van der Waals surface area contributed by atoms with Crippen molar-refractivity contribution in [1.29, 1.82) is 0 Å². The molecule has 0 fully saturated rings. The molecule has 3 unspecified atom stereocenters. The fraction of sp³-hybridized carbons (Fsp3) is 0.645. The zero-order valence-electron chi connectivity index (χ0n) is 26.7. The first-order valence-electron chi connectivity index (χ1n) is 14.8. The minimum absolute atomic E-state index is 0.0140. The van der Waals surface area contributed by atoms with Crippen molar-refractivity contribution in [2.45, 2.75) is 111 Å². The van der Waals surface area contributed by atoms with Gasteiger partial charge in [-0.25, -0.2) is 4.79 Å². The molecule has 5 amide bonds. The number of benzene rings is 1. The van der Waals surface area contributed by atoms with E-state index in [-0.39, 0.29) is 24.2 Å². The van der Waals surface area contributed by atoms with Crippen molar-refractivity contribution in [3.8, 4) is 0 Å². The number of nitrogens with two attached hydrogens (primary N) is 1. The van der Waals surface area contributed by atoms with E-state index in [1.54, 1.807) is 27.7 Å². The van der Waals surface area contributed by atoms with Crippen LogP contribution in [0.2, 0.25) is 0 Å². The molecule has 0 aromatic heterocycles. The molecule has 12 heteroatoms. The van der Waals surface area contributed by atoms with Gasteiger partial charge in [-0.2, -0.15) is 0 Å². The molecule has 0 heterocycles. The second-order valence-corrected chi connectivity index (χ2v) is 12.8. The molecule has 1 rings (SSSR count). The fourth-order valence-corrected chi connectivity index (χ4v) is 4.32. The van der Waals surface area contributed by atoms with E-state index in [2.05, 4.69) is 21.3 Å². The molecule has 0 spiro atoms. The molecule has 43 heavy (non-hydrogen) atoms. The first-order chi connectivity index (χ1) is 19.9. The van der Waals surface area contributed by atoms with Crippen LogP contribution >= 0.6 is 0 Å². The standard InChI is InChI=1S/C31H51N5O7/c1-18(2)14-22(34-28(40)23(16-25(32)38)35-30(42)43-31(6,7)8)24(37)15-20(5)27(39)36-26(19(3)4)29(41)33-17-21-12-10-9-11-13-21/h9-13,18-20,22-24,26,37H,14-17H2,1-8H3,(H2,32,38)(H,33,41)(H,34,40)(H,35,42)(H,36,39)/t20?,22-,23-,24?,26?/m0/s1. The van der Waals surface area contributed by atoms with Crippen molar-refractivity contribution in [3.05, 3.63) is 35.9 Å². The summed E-state index contributed by atoms with van der Waals surface area (Å²) in [5.74, 6) is -3.11. The van der Waals surface area contributed by atoms with Gasteiger partial charge in [-0.1, -0.05) is 65.0 Å². The van der Waals surface area contributed by atoms with Crippen molar-refractivity contribution in [2.24, 2.45) is 23.5 Å². The van der Waals surface area contributed by atoms with Crippen molar-refractivity contribution in [2.75, 3.05) is 0 Å². The summed E-state index contributed by atoms with van der Waals surface area (Å²) in [5, 5.41) is 21.8. The summed E-state index contributed by atoms with van der Waals surface area (Å²) in [6.45, 7) is 14.4. The average Bonchev–Trinajstić information content (AvgIpc) is 2.88. The van der Waals surface area contributed by atoms with Gasteiger partial charge in [0.15, 0.2) is 0 Å². The van der Waals surface area contributed by atoms with Gasteiger partial charge in [0, 0.05) is 12.5 Å². The van der Waals surface area contributed by atoms with E-state index < -0.39 is 66.0 Å². The number of aliphatic hydroxyl groups is 1. The number of nitrogens with one attached hydrogen (secondary N) is 4. The van der Waals surface area contributed by atoms with Gasteiger partial charge in [-0.15, -0.1) is 0 Å². The van der Waals surface area contributed by atoms with Crippen LogP contribution < -0.4 is 27.0 Å². The molecule has 242 valence electrons. The third-order valence-corrected chi connectivity index (χ3v) is 6.53. The molecule has 0 saturated carbocycles. The monoisotopic (exact) mass is 605 g/mol. The zero-order valence-corrected chi connectivity index (χ0v) is 26.7. The van der Waals surface area contributed by atoms with Crippen molar-refractivity contribution >= 4 is 29.7 Å². The van der Waals surface area contributed by atoms with Gasteiger partial charge in [0.25, 0.3) is 0 Å². The molecule has 1 aromatic carbocycles. The Kier molecular flexibility index (Phi) is 15.2. The highest BCUT2D eigenvalue weighted by Gasteiger charge is 2.32. The molecular formula is C31H51N5O7. The predicted octanol–water partition coefficient (Wildman–Crippen LogP) is 2.13. The quantitative estimate of drug-likeness (QED) is 0.166. The molecule has 0 aliphatic rings. The van der Waals surface area contributed by atoms with Gasteiger partial charge in [0.2, 0.25) is 23.6 Å². The Bertz CT molecular complexity index is 1070. The van der Waals surface area contributed by atoms with Crippen LogP contribution in [0, 0.1) is 17.8 Å². The lowest BCUT2D eigenvalue weighted by Gasteiger charge is -2.30. The number of hydrogen-bond acceptors (Lipinski definition) is 7. The lowest BCUT2D eigenvalue weighted by molar-refractivity contribution is -0.132. The number of hydrogen-bond donors (Lipinski definition) is 6. The molecule has 0 aliphatic heterocycles. The number of aliphatic hydroxyl groups excluding tert-OH is 1. The molecule has 7 N–H and O–H groups in total. The number of rotatable bonds is 16. The van der Waals surface area contributed by atoms with E-state index in [0.717, 1.165) is 5.56 Å². The maximum atomic E-state index is 13.1. The second kappa shape index (κ2) is 17.4. The smallest absolute Gasteiger partial charge is 0.408 e. The largest absolute Gasteiger partial charge is 0.444 e. The number of alkyl carbamates (subject to hydrolysis) is 1. The highest BCUT2D eigenvalue weighted by molar-refractivity contribution is 5.91. The van der Waals surface area contributed by atoms with E-state index in [4.69, 9.17) is 10.5 Å². The molecule has 0 aliphatic carbocycles. The molecule has 12 nitrogen and oxygen atoms in total. The number of primary amides is 1. The Morgan fingerprint density at radius 3 is 1.98 bits per heavy atom. The summed E-state index contributed by atoms with van der Waals surface area (Å²) in [4.78, 5) is 63.0. The maximum absolute atomic E-state index is 13.1. The van der Waals surface area contributed by atoms with E-state index >= 15 is 0 Å². The van der Waals surface area contributed by atoms with Crippen LogP contribution in [0.1, 0.15) is 80.2 Å². The van der Waals surface area contributed by atoms with Crippen LogP contribution in [0.4, 0.5) is 4.79 Å². The molecule has 0 bridgehead atoms. The topological polar surface area (TPSA) is 189 Å². The summed E-state index contributed by atoms with van der Waals surface area (Å²) in [5.41, 5.74) is 5.40. The lowest BCUT2D eigenvalue weighted by Crippen LogP contribution is -2.55. The highest BCUT2D eigenvalue weighted by Crippen LogP contribution is 2.17. The van der Waals surface area contributed by atoms with Crippen molar-refractivity contribution in [1.82, 2.24) is 21.3 Å². The van der Waals surface area contributed by atoms with Crippen LogP contribution in [-0.2, 0) is 30.5 Å². The average molecular weight is 606 g/mol. The minimum Gasteiger partial charge on any atom is -0.444 e. The van der Waals surface area contributed by atoms with Crippen LogP contribution in [0.5, 0.6) is 0 Å². The maximum Gasteiger partial charge on any atom is 0.408 e. The Morgan fingerprint density at radius 2 is 1.47 bits per heavy atom. The van der Waals surface area contributed by atoms with Gasteiger partial charge < -0.3 is 36.8 Å². The van der Waals surface area contributed by atoms with Crippen LogP contribution in [-0.4, -0.2) is 64.7 Å². The number of carbonyl (C=O) groups is 5. The number of carbonyl (C=O) groups excluding carboxylic acids is 5. The van der Waals surface area contributed by atoms with Crippen LogP contribution in [0.15, 0.2) is 30.3 Å². The van der Waals surface area contributed by atoms with E-state index in [9.17, 15) is 29.1 Å². The molecule has 5 atom stereocenters. The Hall–Kier alpha value is -3.67. The Balaban J connectivity index is 2.90. The number of amides is 5. The first kappa shape index (κ1) is 37.4.